The smallest absolute Gasteiger partial charge is 0.136 e. The maximum atomic E-state index is 10.1. The maximum absolute atomic E-state index is 10.1. The summed E-state index contributed by atoms with van der Waals surface area (Å²) >= 11 is 0. The highest BCUT2D eigenvalue weighted by Crippen LogP contribution is 2.08. The lowest BCUT2D eigenvalue weighted by Gasteiger charge is -2.00. The third-order valence-corrected chi connectivity index (χ3v) is 1.57. The summed E-state index contributed by atoms with van der Waals surface area (Å²) in [6, 6.07) is 0.690. The fourth-order valence-corrected chi connectivity index (χ4v) is 1.07. The molecule has 0 spiro atoms. The molecule has 0 aliphatic carbocycles. The van der Waals surface area contributed by atoms with Crippen molar-refractivity contribution in [3.63, 3.8) is 0 Å². The Labute approximate surface area is 49.3 Å². The van der Waals surface area contributed by atoms with Gasteiger partial charge in [0.15, 0.2) is 0 Å². The summed E-state index contributed by atoms with van der Waals surface area (Å²) in [5.74, 6) is 0. The minimum absolute atomic E-state index is 0.144. The number of hydrogen-bond acceptors (Lipinski definition) is 2. The fraction of sp³-hybridized carbons (Fsp3) is 0.833. The molecule has 1 saturated heterocycles. The van der Waals surface area contributed by atoms with Crippen molar-refractivity contribution >= 4 is 6.29 Å². The van der Waals surface area contributed by atoms with Gasteiger partial charge in [-0.25, -0.2) is 0 Å². The zero-order valence-electron chi connectivity index (χ0n) is 5.05. The van der Waals surface area contributed by atoms with Crippen LogP contribution in [0.4, 0.5) is 0 Å². The Bertz CT molecular complexity index is 92.5. The van der Waals surface area contributed by atoms with Crippen LogP contribution < -0.4 is 5.32 Å². The predicted octanol–water partition coefficient (Wildman–Crippen LogP) is 0.326. The molecule has 0 saturated carbocycles. The van der Waals surface area contributed by atoms with Crippen molar-refractivity contribution in [1.82, 2.24) is 5.32 Å². The first-order valence-corrected chi connectivity index (χ1v) is 3.04. The van der Waals surface area contributed by atoms with Gasteiger partial charge in [0.1, 0.15) is 6.29 Å². The van der Waals surface area contributed by atoms with E-state index in [9.17, 15) is 4.79 Å². The molecule has 2 atom stereocenters. The molecule has 0 bridgehead atoms. The first kappa shape index (κ1) is 5.76. The average Bonchev–Trinajstić information content (AvgIpc) is 2.14. The monoisotopic (exact) mass is 113 g/mol. The molecule has 1 rings (SSSR count). The fourth-order valence-electron chi connectivity index (χ4n) is 1.07. The van der Waals surface area contributed by atoms with Gasteiger partial charge in [0.2, 0.25) is 0 Å². The number of carbonyl (C=O) groups is 1. The molecular formula is C6H11NO. The number of hydrogen-bond donors (Lipinski definition) is 1. The Kier molecular flexibility index (Phi) is 1.63. The highest BCUT2D eigenvalue weighted by atomic mass is 16.1. The summed E-state index contributed by atoms with van der Waals surface area (Å²) in [7, 11) is 0. The van der Waals surface area contributed by atoms with E-state index in [1.807, 2.05) is 0 Å². The average molecular weight is 113 g/mol. The predicted molar refractivity (Wildman–Crippen MR) is 31.7 cm³/mol. The van der Waals surface area contributed by atoms with Gasteiger partial charge in [-0.15, -0.1) is 0 Å². The Morgan fingerprint density at radius 3 is 2.62 bits per heavy atom. The van der Waals surface area contributed by atoms with Crippen molar-refractivity contribution in [3.8, 4) is 0 Å². The highest BCUT2D eigenvalue weighted by molar-refractivity contribution is 5.58. The van der Waals surface area contributed by atoms with Crippen molar-refractivity contribution in [2.75, 3.05) is 0 Å². The minimum Gasteiger partial charge on any atom is -0.305 e. The number of aldehydes is 1. The Balaban J connectivity index is 2.32. The second-order valence-electron chi connectivity index (χ2n) is 2.39. The van der Waals surface area contributed by atoms with Crippen molar-refractivity contribution in [2.24, 2.45) is 0 Å². The van der Waals surface area contributed by atoms with E-state index < -0.39 is 0 Å². The third-order valence-electron chi connectivity index (χ3n) is 1.57. The van der Waals surface area contributed by atoms with Crippen LogP contribution in [0.2, 0.25) is 0 Å². The van der Waals surface area contributed by atoms with Crippen molar-refractivity contribution in [2.45, 2.75) is 31.8 Å². The molecule has 46 valence electrons. The maximum Gasteiger partial charge on any atom is 0.136 e. The van der Waals surface area contributed by atoms with E-state index in [1.54, 1.807) is 0 Å². The molecule has 0 aromatic carbocycles. The molecule has 1 aliphatic heterocycles. The second kappa shape index (κ2) is 2.27. The van der Waals surface area contributed by atoms with Gasteiger partial charge < -0.3 is 10.1 Å². The summed E-state index contributed by atoms with van der Waals surface area (Å²) in [4.78, 5) is 10.1. The van der Waals surface area contributed by atoms with Crippen molar-refractivity contribution < 1.29 is 4.79 Å². The third kappa shape index (κ3) is 1.07. The molecule has 1 heterocycles. The lowest BCUT2D eigenvalue weighted by Crippen LogP contribution is -2.27. The molecule has 0 radical (unpaired) electrons. The van der Waals surface area contributed by atoms with Crippen LogP contribution in [0.15, 0.2) is 0 Å². The van der Waals surface area contributed by atoms with E-state index >= 15 is 0 Å². The normalized spacial score (nSPS) is 37.6. The van der Waals surface area contributed by atoms with Gasteiger partial charge in [0, 0.05) is 6.04 Å². The molecule has 2 nitrogen and oxygen atoms in total. The lowest BCUT2D eigenvalue weighted by molar-refractivity contribution is -0.109. The van der Waals surface area contributed by atoms with Crippen molar-refractivity contribution in [3.05, 3.63) is 0 Å². The van der Waals surface area contributed by atoms with Crippen LogP contribution >= 0.6 is 0 Å². The lowest BCUT2D eigenvalue weighted by atomic mass is 10.2. The van der Waals surface area contributed by atoms with Crippen LogP contribution in [-0.4, -0.2) is 18.4 Å². The number of nitrogens with one attached hydrogen (secondary N) is 1. The molecular weight excluding hydrogens is 102 g/mol. The molecule has 1 N–H and O–H groups in total. The van der Waals surface area contributed by atoms with Gasteiger partial charge in [-0.2, -0.15) is 0 Å². The SMILES string of the molecule is CC1CC[C@@H](C=O)N1. The summed E-state index contributed by atoms with van der Waals surface area (Å²) in [5, 5.41) is 3.14. The van der Waals surface area contributed by atoms with Gasteiger partial charge in [0.25, 0.3) is 0 Å². The minimum atomic E-state index is 0.144. The van der Waals surface area contributed by atoms with Gasteiger partial charge >= 0.3 is 0 Å². The number of carbonyl (C=O) groups excluding carboxylic acids is 1. The van der Waals surface area contributed by atoms with Gasteiger partial charge in [-0.05, 0) is 19.8 Å². The van der Waals surface area contributed by atoms with Crippen LogP contribution in [0.1, 0.15) is 19.8 Å². The summed E-state index contributed by atoms with van der Waals surface area (Å²) < 4.78 is 0. The van der Waals surface area contributed by atoms with Crippen LogP contribution in [0.25, 0.3) is 0 Å². The zero-order chi connectivity index (χ0) is 5.98. The van der Waals surface area contributed by atoms with Crippen LogP contribution in [0.3, 0.4) is 0 Å². The van der Waals surface area contributed by atoms with E-state index in [1.165, 1.54) is 0 Å². The van der Waals surface area contributed by atoms with E-state index in [0.717, 1.165) is 19.1 Å². The van der Waals surface area contributed by atoms with E-state index in [0.29, 0.717) is 6.04 Å². The second-order valence-corrected chi connectivity index (χ2v) is 2.39. The molecule has 1 fully saturated rings. The number of rotatable bonds is 1. The quantitative estimate of drug-likeness (QED) is 0.496. The molecule has 0 aromatic rings. The van der Waals surface area contributed by atoms with Crippen LogP contribution in [-0.2, 0) is 4.79 Å². The van der Waals surface area contributed by atoms with Crippen molar-refractivity contribution in [1.29, 1.82) is 0 Å². The molecule has 2 heteroatoms. The standard InChI is InChI=1S/C6H11NO/c1-5-2-3-6(4-8)7-5/h4-7H,2-3H2,1H3/t5?,6-/m0/s1. The highest BCUT2D eigenvalue weighted by Gasteiger charge is 2.18. The first-order valence-electron chi connectivity index (χ1n) is 3.04. The summed E-state index contributed by atoms with van der Waals surface area (Å²) in [6.45, 7) is 2.10. The molecule has 1 unspecified atom stereocenters. The first-order chi connectivity index (χ1) is 3.83. The van der Waals surface area contributed by atoms with Gasteiger partial charge in [-0.3, -0.25) is 0 Å². The van der Waals surface area contributed by atoms with E-state index in [2.05, 4.69) is 12.2 Å². The van der Waals surface area contributed by atoms with Crippen LogP contribution in [0, 0.1) is 0 Å². The Hall–Kier alpha value is -0.370. The Morgan fingerprint density at radius 2 is 2.38 bits per heavy atom. The molecule has 0 amide bonds. The Morgan fingerprint density at radius 1 is 1.62 bits per heavy atom. The molecule has 8 heavy (non-hydrogen) atoms. The van der Waals surface area contributed by atoms with Crippen LogP contribution in [0.5, 0.6) is 0 Å². The summed E-state index contributed by atoms with van der Waals surface area (Å²) in [6.07, 6.45) is 3.15. The largest absolute Gasteiger partial charge is 0.305 e. The van der Waals surface area contributed by atoms with Gasteiger partial charge in [0.05, 0.1) is 6.04 Å². The van der Waals surface area contributed by atoms with Gasteiger partial charge in [-0.1, -0.05) is 0 Å². The zero-order valence-corrected chi connectivity index (χ0v) is 5.05. The molecule has 0 aromatic heterocycles. The summed E-state index contributed by atoms with van der Waals surface area (Å²) in [5.41, 5.74) is 0. The molecule has 1 aliphatic rings. The van der Waals surface area contributed by atoms with E-state index in [-0.39, 0.29) is 6.04 Å². The topological polar surface area (TPSA) is 29.1 Å². The van der Waals surface area contributed by atoms with E-state index in [4.69, 9.17) is 0 Å².